The van der Waals surface area contributed by atoms with Gasteiger partial charge in [-0.1, -0.05) is 27.7 Å². The van der Waals surface area contributed by atoms with Gasteiger partial charge in [0.2, 0.25) is 0 Å². The summed E-state index contributed by atoms with van der Waals surface area (Å²) in [5.74, 6) is 1.11. The highest BCUT2D eigenvalue weighted by Crippen LogP contribution is 2.19. The summed E-state index contributed by atoms with van der Waals surface area (Å²) in [6.45, 7) is 12.3. The molecule has 0 aliphatic carbocycles. The zero-order valence-corrected chi connectivity index (χ0v) is 13.7. The molecule has 1 aliphatic rings. The molecule has 1 N–H and O–H groups in total. The van der Waals surface area contributed by atoms with Gasteiger partial charge in [0.05, 0.1) is 6.54 Å². The minimum Gasteiger partial charge on any atom is -0.315 e. The lowest BCUT2D eigenvalue weighted by Crippen LogP contribution is -2.55. The van der Waals surface area contributed by atoms with E-state index in [0.29, 0.717) is 31.0 Å². The third kappa shape index (κ3) is 7.47. The molecule has 0 radical (unpaired) electrons. The molecule has 0 amide bonds. The van der Waals surface area contributed by atoms with Crippen LogP contribution in [0.2, 0.25) is 0 Å². The highest BCUT2D eigenvalue weighted by atomic mass is 19.4. The highest BCUT2D eigenvalue weighted by Gasteiger charge is 2.33. The first-order valence-electron chi connectivity index (χ1n) is 7.93. The Morgan fingerprint density at radius 1 is 0.952 bits per heavy atom. The third-order valence-corrected chi connectivity index (χ3v) is 3.95. The molecule has 0 bridgehead atoms. The fourth-order valence-corrected chi connectivity index (χ4v) is 2.81. The molecule has 1 heterocycles. The van der Waals surface area contributed by atoms with Crippen LogP contribution in [0.25, 0.3) is 0 Å². The fourth-order valence-electron chi connectivity index (χ4n) is 2.81. The summed E-state index contributed by atoms with van der Waals surface area (Å²) in [7, 11) is 0. The van der Waals surface area contributed by atoms with Gasteiger partial charge in [0.15, 0.2) is 0 Å². The van der Waals surface area contributed by atoms with Gasteiger partial charge in [-0.2, -0.15) is 13.2 Å². The molecule has 1 saturated heterocycles. The summed E-state index contributed by atoms with van der Waals surface area (Å²) < 4.78 is 37.2. The molecule has 1 aliphatic heterocycles. The molecule has 0 saturated carbocycles. The predicted octanol–water partition coefficient (Wildman–Crippen LogP) is 2.44. The van der Waals surface area contributed by atoms with Crippen LogP contribution in [0.5, 0.6) is 0 Å². The molecule has 0 aromatic rings. The van der Waals surface area contributed by atoms with Crippen LogP contribution in [0.1, 0.15) is 27.7 Å². The van der Waals surface area contributed by atoms with Crippen LogP contribution in [0.3, 0.4) is 0 Å². The van der Waals surface area contributed by atoms with Gasteiger partial charge < -0.3 is 5.32 Å². The zero-order chi connectivity index (χ0) is 16.0. The van der Waals surface area contributed by atoms with E-state index in [2.05, 4.69) is 37.9 Å². The Hall–Kier alpha value is -0.330. The van der Waals surface area contributed by atoms with E-state index in [1.807, 2.05) is 0 Å². The van der Waals surface area contributed by atoms with Gasteiger partial charge in [-0.3, -0.25) is 9.80 Å². The van der Waals surface area contributed by atoms with E-state index in [-0.39, 0.29) is 0 Å². The monoisotopic (exact) mass is 309 g/mol. The van der Waals surface area contributed by atoms with E-state index in [9.17, 15) is 13.2 Å². The Bertz CT molecular complexity index is 284. The van der Waals surface area contributed by atoms with Crippen molar-refractivity contribution in [1.29, 1.82) is 0 Å². The SMILES string of the molecule is CC(C)CNCC(C(C)C)N1CCN(CC(F)(F)F)CC1. The maximum Gasteiger partial charge on any atom is 0.401 e. The average Bonchev–Trinajstić information content (AvgIpc) is 2.33. The molecule has 0 aromatic carbocycles. The molecule has 126 valence electrons. The minimum atomic E-state index is -4.08. The Kier molecular flexibility index (Phi) is 7.44. The standard InChI is InChI=1S/C15H30F3N3/c1-12(2)9-19-10-14(13(3)4)21-7-5-20(6-8-21)11-15(16,17)18/h12-14,19H,5-11H2,1-4H3. The van der Waals surface area contributed by atoms with Crippen molar-refractivity contribution in [2.24, 2.45) is 11.8 Å². The number of alkyl halides is 3. The number of nitrogens with one attached hydrogen (secondary N) is 1. The van der Waals surface area contributed by atoms with E-state index in [1.54, 1.807) is 0 Å². The molecule has 0 spiro atoms. The lowest BCUT2D eigenvalue weighted by molar-refractivity contribution is -0.150. The Morgan fingerprint density at radius 2 is 1.52 bits per heavy atom. The Morgan fingerprint density at radius 3 is 1.95 bits per heavy atom. The molecular weight excluding hydrogens is 279 g/mol. The fraction of sp³-hybridized carbons (Fsp3) is 1.00. The predicted molar refractivity (Wildman–Crippen MR) is 80.4 cm³/mol. The van der Waals surface area contributed by atoms with Gasteiger partial charge in [-0.25, -0.2) is 0 Å². The van der Waals surface area contributed by atoms with Crippen molar-refractivity contribution in [1.82, 2.24) is 15.1 Å². The lowest BCUT2D eigenvalue weighted by Gasteiger charge is -2.41. The van der Waals surface area contributed by atoms with Crippen molar-refractivity contribution >= 4 is 0 Å². The largest absolute Gasteiger partial charge is 0.401 e. The molecule has 21 heavy (non-hydrogen) atoms. The van der Waals surface area contributed by atoms with E-state index < -0.39 is 12.7 Å². The first-order valence-corrected chi connectivity index (χ1v) is 7.93. The van der Waals surface area contributed by atoms with E-state index in [1.165, 1.54) is 4.90 Å². The van der Waals surface area contributed by atoms with E-state index in [4.69, 9.17) is 0 Å². The first kappa shape index (κ1) is 18.7. The van der Waals surface area contributed by atoms with Crippen LogP contribution in [-0.2, 0) is 0 Å². The van der Waals surface area contributed by atoms with Gasteiger partial charge in [0, 0.05) is 38.8 Å². The topological polar surface area (TPSA) is 18.5 Å². The van der Waals surface area contributed by atoms with E-state index in [0.717, 1.165) is 26.2 Å². The summed E-state index contributed by atoms with van der Waals surface area (Å²) >= 11 is 0. The van der Waals surface area contributed by atoms with Crippen molar-refractivity contribution in [3.05, 3.63) is 0 Å². The second-order valence-electron chi connectivity index (χ2n) is 6.79. The summed E-state index contributed by atoms with van der Waals surface area (Å²) in [4.78, 5) is 3.85. The van der Waals surface area contributed by atoms with Gasteiger partial charge in [0.25, 0.3) is 0 Å². The number of hydrogen-bond donors (Lipinski definition) is 1. The van der Waals surface area contributed by atoms with Crippen molar-refractivity contribution in [3.8, 4) is 0 Å². The van der Waals surface area contributed by atoms with Crippen LogP contribution in [0.4, 0.5) is 13.2 Å². The molecule has 1 fully saturated rings. The van der Waals surface area contributed by atoms with Crippen LogP contribution in [0.15, 0.2) is 0 Å². The zero-order valence-electron chi connectivity index (χ0n) is 13.7. The molecular formula is C15H30F3N3. The van der Waals surface area contributed by atoms with Crippen LogP contribution >= 0.6 is 0 Å². The molecule has 1 unspecified atom stereocenters. The van der Waals surface area contributed by atoms with Crippen molar-refractivity contribution in [2.75, 3.05) is 45.8 Å². The molecule has 1 rings (SSSR count). The number of nitrogens with zero attached hydrogens (tertiary/aromatic N) is 2. The summed E-state index contributed by atoms with van der Waals surface area (Å²) in [6.07, 6.45) is -4.08. The van der Waals surface area contributed by atoms with Crippen LogP contribution in [-0.4, -0.2) is 67.8 Å². The van der Waals surface area contributed by atoms with Crippen molar-refractivity contribution in [2.45, 2.75) is 39.9 Å². The quantitative estimate of drug-likeness (QED) is 0.779. The maximum atomic E-state index is 12.4. The average molecular weight is 309 g/mol. The third-order valence-electron chi connectivity index (χ3n) is 3.95. The number of halogens is 3. The van der Waals surface area contributed by atoms with Crippen LogP contribution in [0, 0.1) is 11.8 Å². The lowest BCUT2D eigenvalue weighted by atomic mass is 10.0. The van der Waals surface area contributed by atoms with Crippen LogP contribution < -0.4 is 5.32 Å². The smallest absolute Gasteiger partial charge is 0.315 e. The minimum absolute atomic E-state index is 0.400. The Balaban J connectivity index is 2.41. The molecule has 3 nitrogen and oxygen atoms in total. The number of hydrogen-bond acceptors (Lipinski definition) is 3. The molecule has 1 atom stereocenters. The number of rotatable bonds is 7. The summed E-state index contributed by atoms with van der Waals surface area (Å²) in [5.41, 5.74) is 0. The van der Waals surface area contributed by atoms with Crippen molar-refractivity contribution < 1.29 is 13.2 Å². The second kappa shape index (κ2) is 8.34. The Labute approximate surface area is 126 Å². The summed E-state index contributed by atoms with van der Waals surface area (Å²) in [6, 6.07) is 0.400. The molecule has 0 aromatic heterocycles. The number of piperazine rings is 1. The van der Waals surface area contributed by atoms with Gasteiger partial charge in [0.1, 0.15) is 0 Å². The van der Waals surface area contributed by atoms with Gasteiger partial charge in [-0.15, -0.1) is 0 Å². The van der Waals surface area contributed by atoms with Crippen molar-refractivity contribution in [3.63, 3.8) is 0 Å². The highest BCUT2D eigenvalue weighted by molar-refractivity contribution is 4.83. The first-order chi connectivity index (χ1) is 9.69. The molecule has 6 heteroatoms. The normalized spacial score (nSPS) is 20.4. The van der Waals surface area contributed by atoms with E-state index >= 15 is 0 Å². The second-order valence-corrected chi connectivity index (χ2v) is 6.79. The maximum absolute atomic E-state index is 12.4. The van der Waals surface area contributed by atoms with Gasteiger partial charge >= 0.3 is 6.18 Å². The summed E-state index contributed by atoms with van der Waals surface area (Å²) in [5, 5.41) is 3.48. The van der Waals surface area contributed by atoms with Gasteiger partial charge in [-0.05, 0) is 18.4 Å².